The average molecular weight is 946 g/mol. The molecule has 0 N–H and O–H groups in total. The van der Waals surface area contributed by atoms with Crippen molar-refractivity contribution in [3.05, 3.63) is 174 Å². The van der Waals surface area contributed by atoms with Gasteiger partial charge in [-0.3, -0.25) is 4.98 Å². The first-order valence-corrected chi connectivity index (χ1v) is 19.4. The van der Waals surface area contributed by atoms with Crippen LogP contribution in [0.5, 0.6) is 11.5 Å². The fraction of sp³-hybridized carbons (Fsp3) is 0.118. The Hall–Kier alpha value is -6.74. The molecule has 0 amide bonds. The monoisotopic (exact) mass is 945 g/mol. The number of nitrogens with zero attached hydrogens (tertiary/aromatic N) is 6. The first kappa shape index (κ1) is 37.8. The summed E-state index contributed by atoms with van der Waals surface area (Å²) >= 11 is 0. The van der Waals surface area contributed by atoms with Crippen LogP contribution in [-0.4, -0.2) is 23.7 Å². The van der Waals surface area contributed by atoms with Crippen molar-refractivity contribution in [1.29, 1.82) is 5.26 Å². The molecule has 288 valence electrons. The number of rotatable bonds is 6. The number of hydrogen-bond donors (Lipinski definition) is 0. The van der Waals surface area contributed by atoms with Gasteiger partial charge in [0.15, 0.2) is 0 Å². The molecule has 0 spiro atoms. The van der Waals surface area contributed by atoms with Gasteiger partial charge in [-0.25, -0.2) is 4.98 Å². The first-order chi connectivity index (χ1) is 28.1. The van der Waals surface area contributed by atoms with Gasteiger partial charge >= 0.3 is 21.1 Å². The topological polar surface area (TPSA) is 73.6 Å². The number of aryl methyl sites for hydroxylation is 2. The summed E-state index contributed by atoms with van der Waals surface area (Å²) in [6, 6.07) is 50.9. The number of benzene rings is 6. The summed E-state index contributed by atoms with van der Waals surface area (Å²) in [6.45, 7) is 10.8. The molecule has 59 heavy (non-hydrogen) atoms. The molecule has 6 aromatic carbocycles. The number of imidazole rings is 1. The zero-order chi connectivity index (χ0) is 39.7. The van der Waals surface area contributed by atoms with Crippen LogP contribution >= 0.6 is 0 Å². The van der Waals surface area contributed by atoms with Crippen LogP contribution in [0.4, 0.5) is 0 Å². The molecule has 0 unspecified atom stereocenters. The van der Waals surface area contributed by atoms with Crippen molar-refractivity contribution in [3.63, 3.8) is 0 Å². The van der Waals surface area contributed by atoms with Crippen molar-refractivity contribution in [3.8, 4) is 46.0 Å². The van der Waals surface area contributed by atoms with Gasteiger partial charge in [0.2, 0.25) is 0 Å². The van der Waals surface area contributed by atoms with Gasteiger partial charge in [-0.15, -0.1) is 29.1 Å². The van der Waals surface area contributed by atoms with Gasteiger partial charge < -0.3 is 18.4 Å². The molecular formula is C51H38N6OPt. The van der Waals surface area contributed by atoms with Gasteiger partial charge in [-0.2, -0.15) is 11.3 Å². The van der Waals surface area contributed by atoms with Crippen molar-refractivity contribution in [2.45, 2.75) is 40.0 Å². The second kappa shape index (κ2) is 14.6. The Labute approximate surface area is 357 Å². The van der Waals surface area contributed by atoms with E-state index in [9.17, 15) is 5.26 Å². The largest absolute Gasteiger partial charge is 2.00 e. The fourth-order valence-electron chi connectivity index (χ4n) is 8.27. The zero-order valence-electron chi connectivity index (χ0n) is 33.2. The van der Waals surface area contributed by atoms with E-state index >= 15 is 0 Å². The maximum absolute atomic E-state index is 9.82. The standard InChI is InChI=1S/C51H38N6O.Pt/c1-32-11-10-12-33(2)50(32)55-30-44(54-31-55)35-24-37(56-45-15-8-6-13-40(45)41-14-7-9-16-46(41)56)27-39(25-35)58-38-18-19-42-43-23-34(29-52)17-20-47(43)57(48(42)28-38)49-26-36(21-22-53-49)51(3,4)5;/h6-24,26-27,30-31H,1-5H3;/q-2;+2. The molecule has 0 radical (unpaired) electrons. The molecule has 4 aromatic heterocycles. The molecule has 0 saturated carbocycles. The van der Waals surface area contributed by atoms with Gasteiger partial charge in [0.05, 0.1) is 34.7 Å². The van der Waals surface area contributed by atoms with E-state index in [1.54, 1.807) is 0 Å². The second-order valence-corrected chi connectivity index (χ2v) is 15.9. The van der Waals surface area contributed by atoms with Crippen LogP contribution in [0.1, 0.15) is 43.0 Å². The molecule has 0 aliphatic heterocycles. The summed E-state index contributed by atoms with van der Waals surface area (Å²) in [5.41, 5.74) is 11.5. The number of fused-ring (bicyclic) bond motifs is 6. The molecule has 0 bridgehead atoms. The average Bonchev–Trinajstić information content (AvgIpc) is 3.93. The van der Waals surface area contributed by atoms with Crippen molar-refractivity contribution in [1.82, 2.24) is 23.7 Å². The van der Waals surface area contributed by atoms with Crippen LogP contribution in [0.25, 0.3) is 72.1 Å². The molecule has 4 heterocycles. The molecule has 8 heteroatoms. The molecule has 0 aliphatic rings. The minimum atomic E-state index is -0.0774. The van der Waals surface area contributed by atoms with E-state index in [0.29, 0.717) is 17.1 Å². The van der Waals surface area contributed by atoms with Crippen LogP contribution in [0, 0.1) is 37.3 Å². The van der Waals surface area contributed by atoms with E-state index in [-0.39, 0.29) is 26.5 Å². The van der Waals surface area contributed by atoms with Gasteiger partial charge in [-0.1, -0.05) is 93.0 Å². The Morgan fingerprint density at radius 1 is 0.661 bits per heavy atom. The third-order valence-corrected chi connectivity index (χ3v) is 11.1. The molecule has 0 aliphatic carbocycles. The predicted octanol–water partition coefficient (Wildman–Crippen LogP) is 12.3. The van der Waals surface area contributed by atoms with Gasteiger partial charge in [0.25, 0.3) is 0 Å². The van der Waals surface area contributed by atoms with Crippen molar-refractivity contribution >= 4 is 43.6 Å². The van der Waals surface area contributed by atoms with E-state index in [4.69, 9.17) is 14.7 Å². The number of ether oxygens (including phenoxy) is 1. The van der Waals surface area contributed by atoms with Gasteiger partial charge in [0.1, 0.15) is 5.82 Å². The Morgan fingerprint density at radius 3 is 2.08 bits per heavy atom. The second-order valence-electron chi connectivity index (χ2n) is 15.9. The summed E-state index contributed by atoms with van der Waals surface area (Å²) in [5, 5.41) is 14.1. The third-order valence-electron chi connectivity index (χ3n) is 11.1. The van der Waals surface area contributed by atoms with Crippen LogP contribution in [0.2, 0.25) is 0 Å². The molecule has 0 saturated heterocycles. The third kappa shape index (κ3) is 6.51. The van der Waals surface area contributed by atoms with Gasteiger partial charge in [-0.05, 0) is 95.7 Å². The van der Waals surface area contributed by atoms with E-state index < -0.39 is 0 Å². The predicted molar refractivity (Wildman–Crippen MR) is 233 cm³/mol. The normalized spacial score (nSPS) is 11.7. The number of nitriles is 1. The summed E-state index contributed by atoms with van der Waals surface area (Å²) in [6.07, 6.45) is 5.79. The number of hydrogen-bond acceptors (Lipinski definition) is 4. The number of para-hydroxylation sites is 3. The Bertz CT molecular complexity index is 3230. The van der Waals surface area contributed by atoms with Crippen LogP contribution in [-0.2, 0) is 26.5 Å². The fourth-order valence-corrected chi connectivity index (χ4v) is 8.27. The molecule has 10 aromatic rings. The summed E-state index contributed by atoms with van der Waals surface area (Å²) in [7, 11) is 0. The number of aromatic nitrogens is 5. The maximum Gasteiger partial charge on any atom is 2.00 e. The zero-order valence-corrected chi connectivity index (χ0v) is 35.5. The minimum absolute atomic E-state index is 0. The minimum Gasteiger partial charge on any atom is -0.503 e. The van der Waals surface area contributed by atoms with E-state index in [1.807, 2.05) is 48.9 Å². The van der Waals surface area contributed by atoms with Gasteiger partial charge in [0, 0.05) is 39.7 Å². The Morgan fingerprint density at radius 2 is 1.37 bits per heavy atom. The number of pyridine rings is 1. The molecule has 10 rings (SSSR count). The van der Waals surface area contributed by atoms with E-state index in [0.717, 1.165) is 66.9 Å². The van der Waals surface area contributed by atoms with Crippen molar-refractivity contribution < 1.29 is 25.8 Å². The van der Waals surface area contributed by atoms with Crippen LogP contribution in [0.15, 0.2) is 140 Å². The van der Waals surface area contributed by atoms with Crippen molar-refractivity contribution in [2.75, 3.05) is 0 Å². The van der Waals surface area contributed by atoms with Crippen LogP contribution in [0.3, 0.4) is 0 Å². The quantitative estimate of drug-likeness (QED) is 0.156. The summed E-state index contributed by atoms with van der Waals surface area (Å²) < 4.78 is 13.3. The Kier molecular flexibility index (Phi) is 9.34. The van der Waals surface area contributed by atoms with Crippen LogP contribution < -0.4 is 4.74 Å². The summed E-state index contributed by atoms with van der Waals surface area (Å²) in [5.74, 6) is 1.81. The van der Waals surface area contributed by atoms with E-state index in [1.165, 1.54) is 21.9 Å². The molecule has 0 atom stereocenters. The smallest absolute Gasteiger partial charge is 0.503 e. The first-order valence-electron chi connectivity index (χ1n) is 19.4. The SMILES string of the molecule is Cc1cccc(C)c1-n1cnc(-c2[c-]c(Oc3[c-]c4c(cc3)c3cc(C#N)ccc3n4-c3cc(C(C)(C)C)ccn3)cc(-n3c4ccccc4c4ccccc43)c2)c1.[Pt+2]. The summed E-state index contributed by atoms with van der Waals surface area (Å²) in [4.78, 5) is 9.76. The maximum atomic E-state index is 9.82. The molecule has 7 nitrogen and oxygen atoms in total. The molecule has 0 fully saturated rings. The van der Waals surface area contributed by atoms with Crippen molar-refractivity contribution in [2.24, 2.45) is 0 Å². The molecular weight excluding hydrogens is 908 g/mol. The van der Waals surface area contributed by atoms with E-state index in [2.05, 4.69) is 158 Å². The Balaban J connectivity index is 0.00000449.